The van der Waals surface area contributed by atoms with Crippen LogP contribution in [0.2, 0.25) is 0 Å². The number of carbonyl (C=O) groups excluding carboxylic acids is 2. The number of aromatic nitrogens is 2. The van der Waals surface area contributed by atoms with Crippen molar-refractivity contribution < 1.29 is 27.5 Å². The average Bonchev–Trinajstić information content (AvgIpc) is 3.20. The fourth-order valence-corrected chi connectivity index (χ4v) is 3.97. The second kappa shape index (κ2) is 10.5. The smallest absolute Gasteiger partial charge is 0.416 e. The standard InChI is InChI=1S/C20H17F3N4O3S2/c1-2-30-15-9-3-12(4-10-15)17(29)25-18-26-27-19(32-18)31-11-16(28)24-14-7-5-13(6-8-14)20(21,22)23/h3-10H,2,11H2,1H3,(H,24,28)(H,25,26,29). The molecule has 1 heterocycles. The van der Waals surface area contributed by atoms with Gasteiger partial charge in [0.05, 0.1) is 17.9 Å². The molecule has 0 atom stereocenters. The summed E-state index contributed by atoms with van der Waals surface area (Å²) >= 11 is 2.19. The predicted molar refractivity (Wildman–Crippen MR) is 116 cm³/mol. The van der Waals surface area contributed by atoms with Gasteiger partial charge in [0.2, 0.25) is 11.0 Å². The van der Waals surface area contributed by atoms with Crippen molar-refractivity contribution in [1.82, 2.24) is 10.2 Å². The molecule has 0 unspecified atom stereocenters. The molecular formula is C20H17F3N4O3S2. The normalized spacial score (nSPS) is 11.1. The van der Waals surface area contributed by atoms with Gasteiger partial charge in [-0.2, -0.15) is 13.2 Å². The molecule has 0 bridgehead atoms. The third-order valence-electron chi connectivity index (χ3n) is 3.88. The lowest BCUT2D eigenvalue weighted by Crippen LogP contribution is -2.14. The van der Waals surface area contributed by atoms with Crippen LogP contribution in [0, 0.1) is 0 Å². The maximum atomic E-state index is 12.6. The topological polar surface area (TPSA) is 93.2 Å². The Balaban J connectivity index is 1.48. The fourth-order valence-electron chi connectivity index (χ4n) is 2.42. The molecule has 0 saturated carbocycles. The summed E-state index contributed by atoms with van der Waals surface area (Å²) in [5.74, 6) is -0.137. The van der Waals surface area contributed by atoms with Gasteiger partial charge in [-0.3, -0.25) is 14.9 Å². The van der Waals surface area contributed by atoms with Crippen molar-refractivity contribution in [3.8, 4) is 5.75 Å². The van der Waals surface area contributed by atoms with E-state index >= 15 is 0 Å². The third kappa shape index (κ3) is 6.69. The molecule has 0 spiro atoms. The first-order valence-electron chi connectivity index (χ1n) is 9.22. The molecule has 0 fully saturated rings. The Morgan fingerprint density at radius 3 is 2.34 bits per heavy atom. The highest BCUT2D eigenvalue weighted by molar-refractivity contribution is 8.01. The maximum absolute atomic E-state index is 12.6. The molecule has 32 heavy (non-hydrogen) atoms. The summed E-state index contributed by atoms with van der Waals surface area (Å²) in [7, 11) is 0. The van der Waals surface area contributed by atoms with Crippen LogP contribution in [0.4, 0.5) is 24.0 Å². The van der Waals surface area contributed by atoms with E-state index in [2.05, 4.69) is 20.8 Å². The number of nitrogens with one attached hydrogen (secondary N) is 2. The summed E-state index contributed by atoms with van der Waals surface area (Å²) in [6, 6.07) is 10.8. The molecule has 1 aromatic heterocycles. The minimum atomic E-state index is -4.43. The van der Waals surface area contributed by atoms with Gasteiger partial charge in [-0.1, -0.05) is 23.1 Å². The molecule has 0 aliphatic carbocycles. The van der Waals surface area contributed by atoms with E-state index in [1.807, 2.05) is 6.92 Å². The number of alkyl halides is 3. The van der Waals surface area contributed by atoms with Gasteiger partial charge in [0.15, 0.2) is 4.34 Å². The van der Waals surface area contributed by atoms with Gasteiger partial charge in [0.1, 0.15) is 5.75 Å². The second-order valence-electron chi connectivity index (χ2n) is 6.20. The molecular weight excluding hydrogens is 465 g/mol. The molecule has 3 aromatic rings. The van der Waals surface area contributed by atoms with Gasteiger partial charge in [-0.15, -0.1) is 10.2 Å². The van der Waals surface area contributed by atoms with Gasteiger partial charge in [0.25, 0.3) is 5.91 Å². The Morgan fingerprint density at radius 1 is 1.03 bits per heavy atom. The number of rotatable bonds is 8. The number of benzene rings is 2. The summed E-state index contributed by atoms with van der Waals surface area (Å²) < 4.78 is 43.5. The number of hydrogen-bond donors (Lipinski definition) is 2. The van der Waals surface area contributed by atoms with E-state index in [0.717, 1.165) is 35.2 Å². The zero-order chi connectivity index (χ0) is 23.1. The number of nitrogens with zero attached hydrogens (tertiary/aromatic N) is 2. The number of carbonyl (C=O) groups is 2. The van der Waals surface area contributed by atoms with Crippen molar-refractivity contribution in [1.29, 1.82) is 0 Å². The first-order valence-corrected chi connectivity index (χ1v) is 11.0. The van der Waals surface area contributed by atoms with Gasteiger partial charge < -0.3 is 10.1 Å². The third-order valence-corrected chi connectivity index (χ3v) is 5.85. The van der Waals surface area contributed by atoms with E-state index in [-0.39, 0.29) is 22.5 Å². The molecule has 0 radical (unpaired) electrons. The van der Waals surface area contributed by atoms with E-state index < -0.39 is 17.6 Å². The lowest BCUT2D eigenvalue weighted by Gasteiger charge is -2.08. The minimum absolute atomic E-state index is 0.0253. The van der Waals surface area contributed by atoms with E-state index in [9.17, 15) is 22.8 Å². The van der Waals surface area contributed by atoms with Crippen LogP contribution >= 0.6 is 23.1 Å². The van der Waals surface area contributed by atoms with E-state index in [0.29, 0.717) is 22.3 Å². The van der Waals surface area contributed by atoms with Crippen LogP contribution in [-0.4, -0.2) is 34.4 Å². The molecule has 0 aliphatic rings. The molecule has 3 rings (SSSR count). The van der Waals surface area contributed by atoms with Crippen molar-refractivity contribution in [2.45, 2.75) is 17.4 Å². The van der Waals surface area contributed by atoms with E-state index in [1.54, 1.807) is 24.3 Å². The largest absolute Gasteiger partial charge is 0.494 e. The Hall–Kier alpha value is -3.12. The summed E-state index contributed by atoms with van der Waals surface area (Å²) in [4.78, 5) is 24.3. The Labute approximate surface area is 189 Å². The SMILES string of the molecule is CCOc1ccc(C(=O)Nc2nnc(SCC(=O)Nc3ccc(C(F)(F)F)cc3)s2)cc1. The average molecular weight is 483 g/mol. The van der Waals surface area contributed by atoms with Crippen LogP contribution in [0.5, 0.6) is 5.75 Å². The number of ether oxygens (including phenoxy) is 1. The van der Waals surface area contributed by atoms with E-state index in [4.69, 9.17) is 4.74 Å². The molecule has 2 N–H and O–H groups in total. The highest BCUT2D eigenvalue weighted by Crippen LogP contribution is 2.30. The summed E-state index contributed by atoms with van der Waals surface area (Å²) in [5.41, 5.74) is -0.114. The summed E-state index contributed by atoms with van der Waals surface area (Å²) in [5, 5.41) is 13.2. The number of halogens is 3. The van der Waals surface area contributed by atoms with Gasteiger partial charge in [0, 0.05) is 11.3 Å². The Morgan fingerprint density at radius 2 is 1.72 bits per heavy atom. The number of amides is 2. The zero-order valence-corrected chi connectivity index (χ0v) is 18.2. The van der Waals surface area contributed by atoms with Crippen LogP contribution in [0.3, 0.4) is 0 Å². The minimum Gasteiger partial charge on any atom is -0.494 e. The lowest BCUT2D eigenvalue weighted by molar-refractivity contribution is -0.137. The van der Waals surface area contributed by atoms with Crippen LogP contribution in [0.15, 0.2) is 52.9 Å². The fraction of sp³-hybridized carbons (Fsp3) is 0.200. The molecule has 168 valence electrons. The summed E-state index contributed by atoms with van der Waals surface area (Å²) in [6.45, 7) is 2.39. The quantitative estimate of drug-likeness (QED) is 0.349. The number of thioether (sulfide) groups is 1. The van der Waals surface area contributed by atoms with Crippen LogP contribution in [0.1, 0.15) is 22.8 Å². The second-order valence-corrected chi connectivity index (χ2v) is 8.40. The molecule has 0 aliphatic heterocycles. The maximum Gasteiger partial charge on any atom is 0.416 e. The molecule has 2 amide bonds. The molecule has 2 aromatic carbocycles. The van der Waals surface area contributed by atoms with Crippen molar-refractivity contribution >= 4 is 45.7 Å². The highest BCUT2D eigenvalue weighted by Gasteiger charge is 2.30. The van der Waals surface area contributed by atoms with Crippen LogP contribution in [0.25, 0.3) is 0 Å². The number of anilines is 2. The number of hydrogen-bond acceptors (Lipinski definition) is 7. The predicted octanol–water partition coefficient (Wildman–Crippen LogP) is 4.94. The highest BCUT2D eigenvalue weighted by atomic mass is 32.2. The van der Waals surface area contributed by atoms with Gasteiger partial charge >= 0.3 is 6.18 Å². The lowest BCUT2D eigenvalue weighted by atomic mass is 10.2. The zero-order valence-electron chi connectivity index (χ0n) is 16.6. The van der Waals surface area contributed by atoms with Crippen molar-refractivity contribution in [3.05, 3.63) is 59.7 Å². The Kier molecular flexibility index (Phi) is 7.70. The van der Waals surface area contributed by atoms with Gasteiger partial charge in [-0.05, 0) is 55.5 Å². The van der Waals surface area contributed by atoms with Crippen molar-refractivity contribution in [2.75, 3.05) is 23.0 Å². The first-order chi connectivity index (χ1) is 15.2. The van der Waals surface area contributed by atoms with Gasteiger partial charge in [-0.25, -0.2) is 0 Å². The molecule has 0 saturated heterocycles. The molecule has 12 heteroatoms. The molecule has 7 nitrogen and oxygen atoms in total. The Bertz CT molecular complexity index is 1070. The van der Waals surface area contributed by atoms with E-state index in [1.165, 1.54) is 12.1 Å². The van der Waals surface area contributed by atoms with Crippen molar-refractivity contribution in [3.63, 3.8) is 0 Å². The van der Waals surface area contributed by atoms with Crippen molar-refractivity contribution in [2.24, 2.45) is 0 Å². The van der Waals surface area contributed by atoms with Crippen LogP contribution in [-0.2, 0) is 11.0 Å². The summed E-state index contributed by atoms with van der Waals surface area (Å²) in [6.07, 6.45) is -4.43. The van der Waals surface area contributed by atoms with Crippen LogP contribution < -0.4 is 15.4 Å². The monoisotopic (exact) mass is 482 g/mol. The first kappa shape index (κ1) is 23.5.